The summed E-state index contributed by atoms with van der Waals surface area (Å²) in [6.07, 6.45) is 0. The van der Waals surface area contributed by atoms with Crippen LogP contribution in [0.5, 0.6) is 0 Å². The summed E-state index contributed by atoms with van der Waals surface area (Å²) in [5, 5.41) is 0.666. The first-order chi connectivity index (χ1) is 13.4. The van der Waals surface area contributed by atoms with Gasteiger partial charge >= 0.3 is 0 Å². The highest BCUT2D eigenvalue weighted by atomic mass is 35.5. The highest BCUT2D eigenvalue weighted by Crippen LogP contribution is 2.29. The van der Waals surface area contributed by atoms with E-state index in [4.69, 9.17) is 23.2 Å². The minimum absolute atomic E-state index is 0.0487. The fourth-order valence-corrected chi connectivity index (χ4v) is 7.55. The second kappa shape index (κ2) is 8.17. The Morgan fingerprint density at radius 1 is 0.828 bits per heavy atom. The lowest BCUT2D eigenvalue weighted by atomic mass is 10.2. The number of hydrogen-bond donors (Lipinski definition) is 0. The van der Waals surface area contributed by atoms with Crippen LogP contribution in [0.15, 0.2) is 46.2 Å². The zero-order valence-corrected chi connectivity index (χ0v) is 19.4. The normalized spacial score (nSPS) is 19.4. The molecule has 0 aromatic heterocycles. The van der Waals surface area contributed by atoms with E-state index in [0.29, 0.717) is 21.2 Å². The maximum absolute atomic E-state index is 13.2. The average molecular weight is 477 g/mol. The van der Waals surface area contributed by atoms with Crippen molar-refractivity contribution in [3.8, 4) is 0 Å². The van der Waals surface area contributed by atoms with Gasteiger partial charge in [0.05, 0.1) is 9.79 Å². The van der Waals surface area contributed by atoms with Gasteiger partial charge in [0, 0.05) is 35.7 Å². The molecule has 6 nitrogen and oxygen atoms in total. The topological polar surface area (TPSA) is 74.8 Å². The second-order valence-electron chi connectivity index (χ2n) is 7.15. The van der Waals surface area contributed by atoms with Crippen molar-refractivity contribution in [1.82, 2.24) is 8.61 Å². The van der Waals surface area contributed by atoms with Crippen LogP contribution in [0.1, 0.15) is 18.1 Å². The lowest BCUT2D eigenvalue weighted by Crippen LogP contribution is -2.55. The molecule has 0 spiro atoms. The van der Waals surface area contributed by atoms with Crippen molar-refractivity contribution in [1.29, 1.82) is 0 Å². The van der Waals surface area contributed by atoms with Crippen LogP contribution in [0.4, 0.5) is 0 Å². The largest absolute Gasteiger partial charge is 0.243 e. The average Bonchev–Trinajstić information content (AvgIpc) is 2.65. The number of rotatable bonds is 4. The lowest BCUT2D eigenvalue weighted by molar-refractivity contribution is 0.212. The molecule has 1 saturated heterocycles. The summed E-state index contributed by atoms with van der Waals surface area (Å²) >= 11 is 12.0. The Labute approximate surface area is 182 Å². The number of hydrogen-bond acceptors (Lipinski definition) is 4. The monoisotopic (exact) mass is 476 g/mol. The van der Waals surface area contributed by atoms with Crippen molar-refractivity contribution in [3.63, 3.8) is 0 Å². The molecule has 1 aliphatic heterocycles. The van der Waals surface area contributed by atoms with Gasteiger partial charge in [-0.25, -0.2) is 16.8 Å². The molecule has 0 aliphatic carbocycles. The minimum Gasteiger partial charge on any atom is -0.207 e. The summed E-state index contributed by atoms with van der Waals surface area (Å²) in [4.78, 5) is 0.276. The van der Waals surface area contributed by atoms with Gasteiger partial charge in [-0.2, -0.15) is 8.61 Å². The molecular formula is C19H22Cl2N2O4S2. The molecule has 158 valence electrons. The molecule has 10 heteroatoms. The summed E-state index contributed by atoms with van der Waals surface area (Å²) in [7, 11) is -7.60. The predicted molar refractivity (Wildman–Crippen MR) is 114 cm³/mol. The first-order valence-electron chi connectivity index (χ1n) is 8.99. The third kappa shape index (κ3) is 4.33. The van der Waals surface area contributed by atoms with Crippen molar-refractivity contribution >= 4 is 43.2 Å². The molecular weight excluding hydrogens is 455 g/mol. The minimum atomic E-state index is -3.81. The SMILES string of the molecule is Cc1ccc(Cl)cc1S(=O)(=O)N1CCN(S(=O)(=O)c2cc(Cl)ccc2C)[C@@H](C)C1. The smallest absolute Gasteiger partial charge is 0.207 e. The molecule has 3 rings (SSSR count). The van der Waals surface area contributed by atoms with E-state index >= 15 is 0 Å². The van der Waals surface area contributed by atoms with Crippen molar-refractivity contribution in [3.05, 3.63) is 57.6 Å². The molecule has 1 fully saturated rings. The standard InChI is InChI=1S/C19H22Cl2N2O4S2/c1-13-4-6-16(20)10-18(13)28(24,25)22-8-9-23(15(3)12-22)29(26,27)19-11-17(21)7-5-14(19)2/h4-7,10-11,15H,8-9,12H2,1-3H3/t15-/m0/s1. The Balaban J connectivity index is 1.89. The summed E-state index contributed by atoms with van der Waals surface area (Å²) < 4.78 is 55.2. The van der Waals surface area contributed by atoms with Crippen LogP contribution in [0.2, 0.25) is 10.0 Å². The van der Waals surface area contributed by atoms with Gasteiger partial charge in [-0.1, -0.05) is 35.3 Å². The Morgan fingerprint density at radius 2 is 1.31 bits per heavy atom. The summed E-state index contributed by atoms with van der Waals surface area (Å²) in [5.41, 5.74) is 1.18. The lowest BCUT2D eigenvalue weighted by Gasteiger charge is -2.38. The highest BCUT2D eigenvalue weighted by molar-refractivity contribution is 7.89. The molecule has 0 unspecified atom stereocenters. The van der Waals surface area contributed by atoms with E-state index in [1.165, 1.54) is 20.7 Å². The zero-order valence-electron chi connectivity index (χ0n) is 16.3. The Hall–Kier alpha value is -1.16. The third-order valence-electron chi connectivity index (χ3n) is 5.03. The molecule has 2 aromatic rings. The number of benzene rings is 2. The molecule has 1 atom stereocenters. The number of piperazine rings is 1. The van der Waals surface area contributed by atoms with Crippen LogP contribution in [0.25, 0.3) is 0 Å². The zero-order chi connectivity index (χ0) is 21.6. The van der Waals surface area contributed by atoms with E-state index in [1.54, 1.807) is 45.0 Å². The van der Waals surface area contributed by atoms with E-state index < -0.39 is 26.1 Å². The maximum Gasteiger partial charge on any atom is 0.243 e. The van der Waals surface area contributed by atoms with E-state index in [9.17, 15) is 16.8 Å². The van der Waals surface area contributed by atoms with Crippen LogP contribution in [-0.4, -0.2) is 51.1 Å². The number of aryl methyl sites for hydroxylation is 2. The number of halogens is 2. The second-order valence-corrected chi connectivity index (χ2v) is 11.8. The molecule has 1 aliphatic rings. The molecule has 2 aromatic carbocycles. The fourth-order valence-electron chi connectivity index (χ4n) is 3.45. The summed E-state index contributed by atoms with van der Waals surface area (Å²) in [5.74, 6) is 0. The molecule has 0 saturated carbocycles. The Kier molecular flexibility index (Phi) is 6.34. The molecule has 0 radical (unpaired) electrons. The summed E-state index contributed by atoms with van der Waals surface area (Å²) in [6.45, 7) is 5.26. The Bertz CT molecular complexity index is 1150. The predicted octanol–water partition coefficient (Wildman–Crippen LogP) is 3.69. The van der Waals surface area contributed by atoms with Crippen LogP contribution >= 0.6 is 23.2 Å². The van der Waals surface area contributed by atoms with Crippen molar-refractivity contribution in [2.75, 3.05) is 19.6 Å². The number of sulfonamides is 2. The fraction of sp³-hybridized carbons (Fsp3) is 0.368. The molecule has 0 N–H and O–H groups in total. The van der Waals surface area contributed by atoms with E-state index in [2.05, 4.69) is 0 Å². The third-order valence-corrected chi connectivity index (χ3v) is 9.67. The molecule has 29 heavy (non-hydrogen) atoms. The van der Waals surface area contributed by atoms with Gasteiger partial charge in [0.15, 0.2) is 0 Å². The Morgan fingerprint density at radius 3 is 1.79 bits per heavy atom. The van der Waals surface area contributed by atoms with Crippen LogP contribution in [-0.2, 0) is 20.0 Å². The van der Waals surface area contributed by atoms with Gasteiger partial charge in [-0.3, -0.25) is 0 Å². The first kappa shape index (κ1) is 22.5. The van der Waals surface area contributed by atoms with Gasteiger partial charge < -0.3 is 0 Å². The van der Waals surface area contributed by atoms with Crippen LogP contribution in [0, 0.1) is 13.8 Å². The summed E-state index contributed by atoms with van der Waals surface area (Å²) in [6, 6.07) is 8.89. The molecule has 0 bridgehead atoms. The van der Waals surface area contributed by atoms with Crippen molar-refractivity contribution in [2.24, 2.45) is 0 Å². The molecule has 1 heterocycles. The quantitative estimate of drug-likeness (QED) is 0.673. The van der Waals surface area contributed by atoms with Crippen molar-refractivity contribution < 1.29 is 16.8 Å². The van der Waals surface area contributed by atoms with Gasteiger partial charge in [0.25, 0.3) is 0 Å². The maximum atomic E-state index is 13.2. The van der Waals surface area contributed by atoms with Gasteiger partial charge in [-0.15, -0.1) is 0 Å². The van der Waals surface area contributed by atoms with Crippen LogP contribution < -0.4 is 0 Å². The first-order valence-corrected chi connectivity index (χ1v) is 12.6. The van der Waals surface area contributed by atoms with E-state index in [1.807, 2.05) is 0 Å². The van der Waals surface area contributed by atoms with E-state index in [-0.39, 0.29) is 29.4 Å². The van der Waals surface area contributed by atoms with Gasteiger partial charge in [-0.05, 0) is 56.2 Å². The highest BCUT2D eigenvalue weighted by Gasteiger charge is 2.39. The molecule has 0 amide bonds. The van der Waals surface area contributed by atoms with Crippen LogP contribution in [0.3, 0.4) is 0 Å². The van der Waals surface area contributed by atoms with E-state index in [0.717, 1.165) is 0 Å². The number of nitrogens with zero attached hydrogens (tertiary/aromatic N) is 2. The van der Waals surface area contributed by atoms with Crippen molar-refractivity contribution in [2.45, 2.75) is 36.6 Å². The van der Waals surface area contributed by atoms with Gasteiger partial charge in [0.2, 0.25) is 20.0 Å². The van der Waals surface area contributed by atoms with Gasteiger partial charge in [0.1, 0.15) is 0 Å².